The van der Waals surface area contributed by atoms with Gasteiger partial charge in [0.15, 0.2) is 0 Å². The summed E-state index contributed by atoms with van der Waals surface area (Å²) in [5.41, 5.74) is 0.580. The molecule has 0 fully saturated rings. The van der Waals surface area contributed by atoms with Crippen LogP contribution in [0.1, 0.15) is 30.6 Å². The van der Waals surface area contributed by atoms with Crippen LogP contribution in [0.15, 0.2) is 58.3 Å². The minimum absolute atomic E-state index is 0.0481. The third kappa shape index (κ3) is 7.94. The van der Waals surface area contributed by atoms with Crippen molar-refractivity contribution in [1.82, 2.24) is 10.6 Å². The molecule has 0 heterocycles. The highest BCUT2D eigenvalue weighted by atomic mass is 32.2. The van der Waals surface area contributed by atoms with Gasteiger partial charge in [-0.15, -0.1) is 23.5 Å². The van der Waals surface area contributed by atoms with E-state index in [2.05, 4.69) is 10.6 Å². The first-order chi connectivity index (χ1) is 13.5. The third-order valence-electron chi connectivity index (χ3n) is 3.63. The maximum absolute atomic E-state index is 12.9. The number of carbonyl (C=O) groups is 2. The summed E-state index contributed by atoms with van der Waals surface area (Å²) < 4.78 is 12.9. The SMILES string of the molecule is CC(C)NC(=O)CSc1ccccc1C(=O)NCCCSc1ccc(F)cc1. The van der Waals surface area contributed by atoms with Crippen LogP contribution in [-0.2, 0) is 4.79 Å². The second kappa shape index (κ2) is 11.8. The highest BCUT2D eigenvalue weighted by molar-refractivity contribution is 8.00. The number of benzene rings is 2. The van der Waals surface area contributed by atoms with Gasteiger partial charge in [-0.05, 0) is 62.4 Å². The van der Waals surface area contributed by atoms with Gasteiger partial charge in [-0.1, -0.05) is 12.1 Å². The molecule has 0 bridgehead atoms. The molecule has 0 aliphatic carbocycles. The van der Waals surface area contributed by atoms with Gasteiger partial charge in [0.2, 0.25) is 5.91 Å². The normalized spacial score (nSPS) is 10.7. The van der Waals surface area contributed by atoms with E-state index in [1.54, 1.807) is 30.0 Å². The van der Waals surface area contributed by atoms with Gasteiger partial charge in [-0.25, -0.2) is 4.39 Å². The third-order valence-corrected chi connectivity index (χ3v) is 5.80. The summed E-state index contributed by atoms with van der Waals surface area (Å²) in [5.74, 6) is 0.677. The maximum Gasteiger partial charge on any atom is 0.252 e. The number of thioether (sulfide) groups is 2. The zero-order chi connectivity index (χ0) is 20.4. The van der Waals surface area contributed by atoms with Gasteiger partial charge in [0.25, 0.3) is 5.91 Å². The first-order valence-electron chi connectivity index (χ1n) is 9.13. The summed E-state index contributed by atoms with van der Waals surface area (Å²) in [5, 5.41) is 5.77. The van der Waals surface area contributed by atoms with Crippen molar-refractivity contribution in [3.8, 4) is 0 Å². The number of carbonyl (C=O) groups excluding carboxylic acids is 2. The van der Waals surface area contributed by atoms with Crippen LogP contribution >= 0.6 is 23.5 Å². The monoisotopic (exact) mass is 420 g/mol. The standard InChI is InChI=1S/C21H25FN2O2S2/c1-15(2)24-20(25)14-28-19-7-4-3-6-18(19)21(26)23-12-5-13-27-17-10-8-16(22)9-11-17/h3-4,6-11,15H,5,12-14H2,1-2H3,(H,23,26)(H,24,25). The van der Waals surface area contributed by atoms with E-state index in [4.69, 9.17) is 0 Å². The Balaban J connectivity index is 1.77. The van der Waals surface area contributed by atoms with Crippen molar-refractivity contribution >= 4 is 35.3 Å². The lowest BCUT2D eigenvalue weighted by Gasteiger charge is -2.11. The van der Waals surface area contributed by atoms with Crippen LogP contribution < -0.4 is 10.6 Å². The second-order valence-corrected chi connectivity index (χ2v) is 8.60. The first-order valence-corrected chi connectivity index (χ1v) is 11.1. The topological polar surface area (TPSA) is 58.2 Å². The van der Waals surface area contributed by atoms with Crippen molar-refractivity contribution in [2.45, 2.75) is 36.1 Å². The number of hydrogen-bond donors (Lipinski definition) is 2. The molecule has 4 nitrogen and oxygen atoms in total. The number of hydrogen-bond acceptors (Lipinski definition) is 4. The molecule has 0 spiro atoms. The molecule has 0 aliphatic rings. The van der Waals surface area contributed by atoms with Gasteiger partial charge in [0.05, 0.1) is 11.3 Å². The van der Waals surface area contributed by atoms with E-state index in [1.807, 2.05) is 32.0 Å². The molecule has 0 aromatic heterocycles. The van der Waals surface area contributed by atoms with E-state index in [0.29, 0.717) is 12.1 Å². The minimum atomic E-state index is -0.241. The molecule has 0 saturated carbocycles. The molecule has 0 unspecified atom stereocenters. The van der Waals surface area contributed by atoms with Crippen LogP contribution in [0.5, 0.6) is 0 Å². The Morgan fingerprint density at radius 1 is 1.04 bits per heavy atom. The predicted octanol–water partition coefficient (Wildman–Crippen LogP) is 4.35. The molecule has 2 rings (SSSR count). The van der Waals surface area contributed by atoms with Crippen molar-refractivity contribution in [2.24, 2.45) is 0 Å². The Morgan fingerprint density at radius 3 is 2.46 bits per heavy atom. The molecular formula is C21H25FN2O2S2. The minimum Gasteiger partial charge on any atom is -0.353 e. The lowest BCUT2D eigenvalue weighted by Crippen LogP contribution is -2.31. The quantitative estimate of drug-likeness (QED) is 0.443. The van der Waals surface area contributed by atoms with Crippen molar-refractivity contribution < 1.29 is 14.0 Å². The Bertz CT molecular complexity index is 782. The van der Waals surface area contributed by atoms with E-state index in [9.17, 15) is 14.0 Å². The molecule has 2 N–H and O–H groups in total. The van der Waals surface area contributed by atoms with E-state index in [-0.39, 0.29) is 29.4 Å². The Labute approximate surface area is 174 Å². The molecule has 28 heavy (non-hydrogen) atoms. The van der Waals surface area contributed by atoms with Crippen LogP contribution in [0.2, 0.25) is 0 Å². The average molecular weight is 421 g/mol. The zero-order valence-electron chi connectivity index (χ0n) is 16.0. The number of halogens is 1. The smallest absolute Gasteiger partial charge is 0.252 e. The lowest BCUT2D eigenvalue weighted by atomic mass is 10.2. The van der Waals surface area contributed by atoms with Crippen molar-refractivity contribution in [3.63, 3.8) is 0 Å². The van der Waals surface area contributed by atoms with E-state index in [1.165, 1.54) is 23.9 Å². The summed E-state index contributed by atoms with van der Waals surface area (Å²) in [7, 11) is 0. The van der Waals surface area contributed by atoms with E-state index >= 15 is 0 Å². The van der Waals surface area contributed by atoms with Gasteiger partial charge < -0.3 is 10.6 Å². The Kier molecular flexibility index (Phi) is 9.37. The zero-order valence-corrected chi connectivity index (χ0v) is 17.7. The predicted molar refractivity (Wildman–Crippen MR) is 115 cm³/mol. The Morgan fingerprint density at radius 2 is 1.75 bits per heavy atom. The molecule has 0 atom stereocenters. The molecule has 0 aliphatic heterocycles. The van der Waals surface area contributed by atoms with Crippen molar-refractivity contribution in [2.75, 3.05) is 18.1 Å². The van der Waals surface area contributed by atoms with Crippen LogP contribution in [0.3, 0.4) is 0 Å². The van der Waals surface area contributed by atoms with Crippen molar-refractivity contribution in [1.29, 1.82) is 0 Å². The van der Waals surface area contributed by atoms with E-state index in [0.717, 1.165) is 22.0 Å². The highest BCUT2D eigenvalue weighted by Gasteiger charge is 2.12. The fourth-order valence-corrected chi connectivity index (χ4v) is 4.09. The molecule has 2 aromatic rings. The van der Waals surface area contributed by atoms with Crippen LogP contribution in [0, 0.1) is 5.82 Å². The molecule has 2 amide bonds. The Hall–Kier alpha value is -1.99. The van der Waals surface area contributed by atoms with Crippen LogP contribution in [-0.4, -0.2) is 35.9 Å². The number of nitrogens with one attached hydrogen (secondary N) is 2. The number of amides is 2. The summed E-state index contributed by atoms with van der Waals surface area (Å²) in [6, 6.07) is 13.8. The van der Waals surface area contributed by atoms with Gasteiger partial charge in [0, 0.05) is 22.4 Å². The molecule has 0 saturated heterocycles. The molecule has 7 heteroatoms. The van der Waals surface area contributed by atoms with Crippen LogP contribution in [0.4, 0.5) is 4.39 Å². The largest absolute Gasteiger partial charge is 0.353 e. The van der Waals surface area contributed by atoms with Crippen LogP contribution in [0.25, 0.3) is 0 Å². The fraction of sp³-hybridized carbons (Fsp3) is 0.333. The maximum atomic E-state index is 12.9. The van der Waals surface area contributed by atoms with Gasteiger partial charge in [0.1, 0.15) is 5.82 Å². The fourth-order valence-electron chi connectivity index (χ4n) is 2.38. The summed E-state index contributed by atoms with van der Waals surface area (Å²) in [6.07, 6.45) is 0.805. The first kappa shape index (κ1) is 22.3. The van der Waals surface area contributed by atoms with Gasteiger partial charge >= 0.3 is 0 Å². The average Bonchev–Trinajstić information content (AvgIpc) is 2.67. The summed E-state index contributed by atoms with van der Waals surface area (Å²) in [4.78, 5) is 26.1. The highest BCUT2D eigenvalue weighted by Crippen LogP contribution is 2.23. The molecule has 2 aromatic carbocycles. The molecule has 150 valence electrons. The van der Waals surface area contributed by atoms with Crippen molar-refractivity contribution in [3.05, 3.63) is 59.9 Å². The molecule has 0 radical (unpaired) electrons. The summed E-state index contributed by atoms with van der Waals surface area (Å²) >= 11 is 2.99. The van der Waals surface area contributed by atoms with Gasteiger partial charge in [-0.3, -0.25) is 9.59 Å². The lowest BCUT2D eigenvalue weighted by molar-refractivity contribution is -0.119. The molecular weight excluding hydrogens is 395 g/mol. The second-order valence-electron chi connectivity index (χ2n) is 6.42. The van der Waals surface area contributed by atoms with Gasteiger partial charge in [-0.2, -0.15) is 0 Å². The number of rotatable bonds is 10. The van der Waals surface area contributed by atoms with E-state index < -0.39 is 0 Å². The summed E-state index contributed by atoms with van der Waals surface area (Å²) in [6.45, 7) is 4.39.